The zero-order valence-electron chi connectivity index (χ0n) is 14.3. The first-order chi connectivity index (χ1) is 11.2. The highest BCUT2D eigenvalue weighted by Gasteiger charge is 2.27. The molecular weight excluding hydrogens is 308 g/mol. The average Bonchev–Trinajstić information content (AvgIpc) is 2.92. The highest BCUT2D eigenvalue weighted by Crippen LogP contribution is 2.12. The summed E-state index contributed by atoms with van der Waals surface area (Å²) in [6.45, 7) is 5.36. The molecule has 0 saturated carbocycles. The number of aryl methyl sites for hydroxylation is 1. The van der Waals surface area contributed by atoms with Crippen LogP contribution in [0.15, 0.2) is 36.8 Å². The molecule has 1 unspecified atom stereocenters. The van der Waals surface area contributed by atoms with Crippen molar-refractivity contribution in [3.63, 3.8) is 0 Å². The Kier molecular flexibility index (Phi) is 5.33. The van der Waals surface area contributed by atoms with Crippen molar-refractivity contribution in [1.29, 1.82) is 0 Å². The smallest absolute Gasteiger partial charge is 0.329 e. The van der Waals surface area contributed by atoms with E-state index in [9.17, 15) is 9.59 Å². The van der Waals surface area contributed by atoms with E-state index in [2.05, 4.69) is 15.4 Å². The van der Waals surface area contributed by atoms with E-state index >= 15 is 0 Å². The van der Waals surface area contributed by atoms with E-state index in [4.69, 9.17) is 4.74 Å². The van der Waals surface area contributed by atoms with Crippen LogP contribution in [-0.2, 0) is 23.0 Å². The molecule has 1 amide bonds. The lowest BCUT2D eigenvalue weighted by atomic mass is 10.1. The minimum Gasteiger partial charge on any atom is -0.458 e. The van der Waals surface area contributed by atoms with Gasteiger partial charge in [0.15, 0.2) is 0 Å². The maximum atomic E-state index is 12.5. The summed E-state index contributed by atoms with van der Waals surface area (Å²) in [6, 6.07) is 4.38. The Morgan fingerprint density at radius 1 is 1.25 bits per heavy atom. The summed E-state index contributed by atoms with van der Waals surface area (Å²) in [5.74, 6) is -0.899. The number of pyridine rings is 1. The minimum atomic E-state index is -0.805. The van der Waals surface area contributed by atoms with Gasteiger partial charge >= 0.3 is 5.97 Å². The molecule has 7 heteroatoms. The fourth-order valence-electron chi connectivity index (χ4n) is 2.09. The van der Waals surface area contributed by atoms with Crippen molar-refractivity contribution in [2.24, 2.45) is 7.05 Å². The number of carbonyl (C=O) groups is 2. The second-order valence-electron chi connectivity index (χ2n) is 6.49. The molecule has 0 fully saturated rings. The molecule has 0 saturated heterocycles. The maximum absolute atomic E-state index is 12.5. The lowest BCUT2D eigenvalue weighted by Gasteiger charge is -2.24. The van der Waals surface area contributed by atoms with Crippen molar-refractivity contribution in [2.45, 2.75) is 38.8 Å². The topological polar surface area (TPSA) is 86.1 Å². The molecule has 0 bridgehead atoms. The molecule has 0 radical (unpaired) electrons. The third-order valence-corrected chi connectivity index (χ3v) is 3.13. The Morgan fingerprint density at radius 3 is 2.46 bits per heavy atom. The summed E-state index contributed by atoms with van der Waals surface area (Å²) in [5.41, 5.74) is 0.492. The minimum absolute atomic E-state index is 0.251. The molecule has 1 N–H and O–H groups in total. The van der Waals surface area contributed by atoms with E-state index < -0.39 is 23.5 Å². The molecule has 1 atom stereocenters. The summed E-state index contributed by atoms with van der Waals surface area (Å²) in [6.07, 6.45) is 5.26. The van der Waals surface area contributed by atoms with Gasteiger partial charge in [-0.2, -0.15) is 5.10 Å². The number of hydrogen-bond donors (Lipinski definition) is 1. The van der Waals surface area contributed by atoms with E-state index in [0.29, 0.717) is 6.42 Å². The van der Waals surface area contributed by atoms with Crippen LogP contribution in [0, 0.1) is 0 Å². The number of esters is 1. The molecule has 2 rings (SSSR count). The number of amides is 1. The normalized spacial score (nSPS) is 12.5. The van der Waals surface area contributed by atoms with E-state index in [1.807, 2.05) is 0 Å². The lowest BCUT2D eigenvalue weighted by Crippen LogP contribution is -2.45. The zero-order chi connectivity index (χ0) is 17.7. The molecule has 0 aliphatic carbocycles. The van der Waals surface area contributed by atoms with E-state index in [0.717, 1.165) is 5.56 Å². The summed E-state index contributed by atoms with van der Waals surface area (Å²) in [4.78, 5) is 28.7. The first-order valence-corrected chi connectivity index (χ1v) is 7.67. The molecule has 0 spiro atoms. The standard InChI is InChI=1S/C17H22N4O3/c1-17(2,3)24-16(23)14(11-12-5-8-18-9-6-12)19-15(22)13-7-10-21(4)20-13/h5-10,14H,11H2,1-4H3,(H,19,22). The van der Waals surface area contributed by atoms with Crippen LogP contribution >= 0.6 is 0 Å². The number of rotatable bonds is 5. The summed E-state index contributed by atoms with van der Waals surface area (Å²) < 4.78 is 6.95. The fourth-order valence-corrected chi connectivity index (χ4v) is 2.09. The van der Waals surface area contributed by atoms with Crippen molar-refractivity contribution < 1.29 is 14.3 Å². The summed E-state index contributed by atoms with van der Waals surface area (Å²) in [5, 5.41) is 6.75. The summed E-state index contributed by atoms with van der Waals surface area (Å²) >= 11 is 0. The first-order valence-electron chi connectivity index (χ1n) is 7.67. The van der Waals surface area contributed by atoms with Crippen LogP contribution in [0.5, 0.6) is 0 Å². The van der Waals surface area contributed by atoms with Crippen LogP contribution in [0.4, 0.5) is 0 Å². The van der Waals surface area contributed by atoms with Gasteiger partial charge in [-0.3, -0.25) is 14.5 Å². The van der Waals surface area contributed by atoms with E-state index in [-0.39, 0.29) is 5.69 Å². The monoisotopic (exact) mass is 330 g/mol. The highest BCUT2D eigenvalue weighted by atomic mass is 16.6. The Balaban J connectivity index is 2.15. The zero-order valence-corrected chi connectivity index (χ0v) is 14.3. The van der Waals surface area contributed by atoms with E-state index in [1.54, 1.807) is 64.6 Å². The van der Waals surface area contributed by atoms with Gasteiger partial charge in [-0.25, -0.2) is 4.79 Å². The molecule has 128 valence electrons. The molecule has 0 aliphatic heterocycles. The van der Waals surface area contributed by atoms with Gasteiger partial charge in [-0.05, 0) is 44.5 Å². The number of aromatic nitrogens is 3. The molecule has 2 aromatic rings. The lowest BCUT2D eigenvalue weighted by molar-refractivity contribution is -0.157. The number of hydrogen-bond acceptors (Lipinski definition) is 5. The molecule has 0 aromatic carbocycles. The van der Waals surface area contributed by atoms with Crippen molar-refractivity contribution >= 4 is 11.9 Å². The quantitative estimate of drug-likeness (QED) is 0.840. The van der Waals surface area contributed by atoms with Gasteiger partial charge < -0.3 is 10.1 Å². The molecule has 2 aromatic heterocycles. The molecule has 24 heavy (non-hydrogen) atoms. The van der Waals surface area contributed by atoms with Gasteiger partial charge in [0.05, 0.1) is 0 Å². The predicted octanol–water partition coefficient (Wildman–Crippen LogP) is 1.50. The summed E-state index contributed by atoms with van der Waals surface area (Å²) in [7, 11) is 1.72. The number of ether oxygens (including phenoxy) is 1. The van der Waals surface area contributed by atoms with Crippen molar-refractivity contribution in [3.8, 4) is 0 Å². The number of nitrogens with one attached hydrogen (secondary N) is 1. The Morgan fingerprint density at radius 2 is 1.92 bits per heavy atom. The second-order valence-corrected chi connectivity index (χ2v) is 6.49. The van der Waals surface area contributed by atoms with Gasteiger partial charge in [0.25, 0.3) is 5.91 Å². The van der Waals surface area contributed by atoms with Crippen molar-refractivity contribution in [2.75, 3.05) is 0 Å². The van der Waals surface area contributed by atoms with Crippen LogP contribution < -0.4 is 5.32 Å². The Hall–Kier alpha value is -2.70. The highest BCUT2D eigenvalue weighted by molar-refractivity contribution is 5.95. The van der Waals surface area contributed by atoms with E-state index in [1.165, 1.54) is 4.68 Å². The Bertz CT molecular complexity index is 704. The number of carbonyl (C=O) groups excluding carboxylic acids is 2. The fraction of sp³-hybridized carbons (Fsp3) is 0.412. The predicted molar refractivity (Wildman–Crippen MR) is 88.2 cm³/mol. The van der Waals surface area contributed by atoms with Crippen LogP contribution in [0.3, 0.4) is 0 Å². The average molecular weight is 330 g/mol. The van der Waals surface area contributed by atoms with Gasteiger partial charge in [-0.15, -0.1) is 0 Å². The second kappa shape index (κ2) is 7.25. The van der Waals surface area contributed by atoms with Crippen LogP contribution in [0.25, 0.3) is 0 Å². The van der Waals surface area contributed by atoms with Crippen molar-refractivity contribution in [3.05, 3.63) is 48.0 Å². The first kappa shape index (κ1) is 17.7. The largest absolute Gasteiger partial charge is 0.458 e. The van der Waals surface area contributed by atoms with Gasteiger partial charge in [0.2, 0.25) is 0 Å². The van der Waals surface area contributed by atoms with Gasteiger partial charge in [-0.1, -0.05) is 0 Å². The third-order valence-electron chi connectivity index (χ3n) is 3.13. The van der Waals surface area contributed by atoms with Gasteiger partial charge in [0, 0.05) is 32.1 Å². The molecule has 2 heterocycles. The van der Waals surface area contributed by atoms with Crippen LogP contribution in [0.1, 0.15) is 36.8 Å². The number of nitrogens with zero attached hydrogens (tertiary/aromatic N) is 3. The van der Waals surface area contributed by atoms with Crippen LogP contribution in [0.2, 0.25) is 0 Å². The molecular formula is C17H22N4O3. The van der Waals surface area contributed by atoms with Crippen LogP contribution in [-0.4, -0.2) is 38.3 Å². The maximum Gasteiger partial charge on any atom is 0.329 e. The molecule has 0 aliphatic rings. The SMILES string of the molecule is Cn1ccc(C(=O)NC(Cc2ccncc2)C(=O)OC(C)(C)C)n1. The van der Waals surface area contributed by atoms with Crippen molar-refractivity contribution in [1.82, 2.24) is 20.1 Å². The third kappa shape index (κ3) is 5.19. The van der Waals surface area contributed by atoms with Gasteiger partial charge in [0.1, 0.15) is 17.3 Å². The Labute approximate surface area is 141 Å². The molecule has 7 nitrogen and oxygen atoms in total.